The number of rotatable bonds is 3. The van der Waals surface area contributed by atoms with E-state index in [9.17, 15) is 13.2 Å². The minimum Gasteiger partial charge on any atom is -0.246 e. The Kier molecular flexibility index (Phi) is 4.79. The van der Waals surface area contributed by atoms with Crippen LogP contribution in [0.15, 0.2) is 12.1 Å². The van der Waals surface area contributed by atoms with Crippen LogP contribution in [0.5, 0.6) is 0 Å². The normalized spacial score (nSPS) is 31.8. The molecule has 1 aromatic carbocycles. The number of halogens is 3. The standard InChI is InChI=1S/C19H25F3/c1-2-12-3-4-14-8-15(6-5-13(14)7-12)16-9-17(11-20)19(22)18(21)10-16/h9-10,12-15H,2-8,11H2,1H3. The summed E-state index contributed by atoms with van der Waals surface area (Å²) in [6.45, 7) is 1.34. The summed E-state index contributed by atoms with van der Waals surface area (Å²) in [5, 5.41) is 0. The average molecular weight is 310 g/mol. The Hall–Kier alpha value is -0.990. The van der Waals surface area contributed by atoms with E-state index in [0.29, 0.717) is 5.92 Å². The zero-order chi connectivity index (χ0) is 15.7. The Labute approximate surface area is 131 Å². The van der Waals surface area contributed by atoms with Crippen LogP contribution in [0.2, 0.25) is 0 Å². The van der Waals surface area contributed by atoms with Crippen LogP contribution in [-0.4, -0.2) is 0 Å². The van der Waals surface area contributed by atoms with Crippen LogP contribution in [0.25, 0.3) is 0 Å². The summed E-state index contributed by atoms with van der Waals surface area (Å²) in [7, 11) is 0. The van der Waals surface area contributed by atoms with E-state index in [2.05, 4.69) is 6.92 Å². The largest absolute Gasteiger partial charge is 0.246 e. The molecule has 0 saturated heterocycles. The van der Waals surface area contributed by atoms with Crippen LogP contribution in [0.1, 0.15) is 68.9 Å². The Balaban J connectivity index is 1.74. The SMILES string of the molecule is CCC1CCC2CC(c3cc(F)c(F)c(CF)c3)CCC2C1. The number of fused-ring (bicyclic) bond motifs is 1. The predicted octanol–water partition coefficient (Wildman–Crippen LogP) is 6.14. The lowest BCUT2D eigenvalue weighted by atomic mass is 9.63. The molecule has 0 radical (unpaired) electrons. The molecule has 4 atom stereocenters. The Morgan fingerprint density at radius 2 is 1.73 bits per heavy atom. The van der Waals surface area contributed by atoms with E-state index in [0.717, 1.165) is 30.2 Å². The molecular weight excluding hydrogens is 285 g/mol. The topological polar surface area (TPSA) is 0 Å². The van der Waals surface area contributed by atoms with Crippen molar-refractivity contribution in [1.82, 2.24) is 0 Å². The molecule has 0 nitrogen and oxygen atoms in total. The smallest absolute Gasteiger partial charge is 0.164 e. The van der Waals surface area contributed by atoms with Crippen molar-refractivity contribution in [1.29, 1.82) is 0 Å². The molecule has 0 spiro atoms. The van der Waals surface area contributed by atoms with Gasteiger partial charge >= 0.3 is 0 Å². The Morgan fingerprint density at radius 1 is 1.00 bits per heavy atom. The maximum Gasteiger partial charge on any atom is 0.164 e. The van der Waals surface area contributed by atoms with Crippen LogP contribution in [0.3, 0.4) is 0 Å². The number of hydrogen-bond donors (Lipinski definition) is 0. The molecule has 1 aromatic rings. The summed E-state index contributed by atoms with van der Waals surface area (Å²) in [4.78, 5) is 0. The van der Waals surface area contributed by atoms with Crippen molar-refractivity contribution in [3.63, 3.8) is 0 Å². The number of alkyl halides is 1. The third-order valence-corrected chi connectivity index (χ3v) is 6.04. The van der Waals surface area contributed by atoms with Crippen molar-refractivity contribution in [2.75, 3.05) is 0 Å². The van der Waals surface area contributed by atoms with E-state index in [1.54, 1.807) is 6.07 Å². The van der Waals surface area contributed by atoms with Gasteiger partial charge in [-0.2, -0.15) is 0 Å². The molecular formula is C19H25F3. The lowest BCUT2D eigenvalue weighted by Crippen LogP contribution is -2.30. The quantitative estimate of drug-likeness (QED) is 0.628. The van der Waals surface area contributed by atoms with Crippen LogP contribution in [0.4, 0.5) is 13.2 Å². The van der Waals surface area contributed by atoms with Gasteiger partial charge in [-0.1, -0.05) is 19.8 Å². The highest BCUT2D eigenvalue weighted by molar-refractivity contribution is 5.29. The fourth-order valence-electron chi connectivity index (χ4n) is 4.66. The molecule has 0 heterocycles. The molecule has 3 rings (SSSR count). The van der Waals surface area contributed by atoms with E-state index in [4.69, 9.17) is 0 Å². The van der Waals surface area contributed by atoms with Crippen LogP contribution < -0.4 is 0 Å². The van der Waals surface area contributed by atoms with Gasteiger partial charge in [0, 0.05) is 5.56 Å². The second-order valence-corrected chi connectivity index (χ2v) is 7.23. The van der Waals surface area contributed by atoms with Gasteiger partial charge in [0.1, 0.15) is 6.67 Å². The maximum atomic E-state index is 13.7. The van der Waals surface area contributed by atoms with Crippen molar-refractivity contribution < 1.29 is 13.2 Å². The third-order valence-electron chi connectivity index (χ3n) is 6.04. The van der Waals surface area contributed by atoms with Crippen molar-refractivity contribution in [3.05, 3.63) is 34.9 Å². The first kappa shape index (κ1) is 15.9. The molecule has 2 fully saturated rings. The van der Waals surface area contributed by atoms with E-state index < -0.39 is 18.3 Å². The third kappa shape index (κ3) is 3.04. The van der Waals surface area contributed by atoms with Crippen LogP contribution in [0, 0.1) is 29.4 Å². The van der Waals surface area contributed by atoms with Gasteiger partial charge in [-0.05, 0) is 73.5 Å². The first-order valence-corrected chi connectivity index (χ1v) is 8.66. The molecule has 0 bridgehead atoms. The zero-order valence-electron chi connectivity index (χ0n) is 13.3. The van der Waals surface area contributed by atoms with Gasteiger partial charge in [-0.15, -0.1) is 0 Å². The van der Waals surface area contributed by atoms with Gasteiger partial charge in [-0.3, -0.25) is 0 Å². The molecule has 4 unspecified atom stereocenters. The molecule has 22 heavy (non-hydrogen) atoms. The molecule has 2 aliphatic carbocycles. The number of hydrogen-bond acceptors (Lipinski definition) is 0. The Morgan fingerprint density at radius 3 is 2.45 bits per heavy atom. The minimum absolute atomic E-state index is 0.133. The van der Waals surface area contributed by atoms with Crippen LogP contribution >= 0.6 is 0 Å². The molecule has 122 valence electrons. The van der Waals surface area contributed by atoms with Crippen molar-refractivity contribution >= 4 is 0 Å². The maximum absolute atomic E-state index is 13.7. The number of benzene rings is 1. The highest BCUT2D eigenvalue weighted by atomic mass is 19.2. The van der Waals surface area contributed by atoms with Gasteiger partial charge < -0.3 is 0 Å². The molecule has 0 N–H and O–H groups in total. The lowest BCUT2D eigenvalue weighted by molar-refractivity contribution is 0.116. The van der Waals surface area contributed by atoms with E-state index in [-0.39, 0.29) is 11.5 Å². The van der Waals surface area contributed by atoms with Gasteiger partial charge in [0.2, 0.25) is 0 Å². The van der Waals surface area contributed by atoms with Crippen molar-refractivity contribution in [3.8, 4) is 0 Å². The fraction of sp³-hybridized carbons (Fsp3) is 0.684. The lowest BCUT2D eigenvalue weighted by Gasteiger charge is -2.42. The zero-order valence-corrected chi connectivity index (χ0v) is 13.3. The minimum atomic E-state index is -1.02. The highest BCUT2D eigenvalue weighted by Crippen LogP contribution is 2.48. The molecule has 3 heteroatoms. The molecule has 2 aliphatic rings. The van der Waals surface area contributed by atoms with Gasteiger partial charge in [0.05, 0.1) is 0 Å². The summed E-state index contributed by atoms with van der Waals surface area (Å²) in [5.74, 6) is 0.730. The second-order valence-electron chi connectivity index (χ2n) is 7.23. The van der Waals surface area contributed by atoms with Crippen molar-refractivity contribution in [2.24, 2.45) is 17.8 Å². The van der Waals surface area contributed by atoms with Crippen LogP contribution in [-0.2, 0) is 6.67 Å². The fourth-order valence-corrected chi connectivity index (χ4v) is 4.66. The monoisotopic (exact) mass is 310 g/mol. The first-order chi connectivity index (χ1) is 10.6. The second kappa shape index (κ2) is 6.64. The summed E-state index contributed by atoms with van der Waals surface area (Å²) >= 11 is 0. The summed E-state index contributed by atoms with van der Waals surface area (Å²) in [5.41, 5.74) is 0.662. The van der Waals surface area contributed by atoms with E-state index in [1.165, 1.54) is 38.2 Å². The summed E-state index contributed by atoms with van der Waals surface area (Å²) < 4.78 is 40.0. The molecule has 2 saturated carbocycles. The van der Waals surface area contributed by atoms with Crippen molar-refractivity contribution in [2.45, 2.75) is 64.5 Å². The molecule has 0 aromatic heterocycles. The summed E-state index contributed by atoms with van der Waals surface area (Å²) in [6.07, 6.45) is 8.43. The first-order valence-electron chi connectivity index (χ1n) is 8.66. The Bertz CT molecular complexity index is 526. The predicted molar refractivity (Wildman–Crippen MR) is 82.4 cm³/mol. The highest BCUT2D eigenvalue weighted by Gasteiger charge is 2.35. The molecule has 0 aliphatic heterocycles. The average Bonchev–Trinajstić information content (AvgIpc) is 2.56. The van der Waals surface area contributed by atoms with E-state index >= 15 is 0 Å². The van der Waals surface area contributed by atoms with Gasteiger partial charge in [0.25, 0.3) is 0 Å². The molecule has 0 amide bonds. The van der Waals surface area contributed by atoms with E-state index in [1.807, 2.05) is 0 Å². The van der Waals surface area contributed by atoms with Gasteiger partial charge in [0.15, 0.2) is 11.6 Å². The summed E-state index contributed by atoms with van der Waals surface area (Å²) in [6, 6.07) is 2.83. The van der Waals surface area contributed by atoms with Gasteiger partial charge in [-0.25, -0.2) is 13.2 Å².